The fourth-order valence-electron chi connectivity index (χ4n) is 3.05. The Morgan fingerprint density at radius 1 is 0.700 bits per heavy atom. The summed E-state index contributed by atoms with van der Waals surface area (Å²) >= 11 is 0. The molecule has 0 fully saturated rings. The molecule has 2 aromatic carbocycles. The maximum absolute atomic E-state index is 2.26. The molecule has 3 rings (SSSR count). The summed E-state index contributed by atoms with van der Waals surface area (Å²) in [5, 5.41) is 0. The molecule has 1 aliphatic carbocycles. The van der Waals surface area contributed by atoms with Crippen molar-refractivity contribution in [2.75, 3.05) is 0 Å². The summed E-state index contributed by atoms with van der Waals surface area (Å²) in [6.07, 6.45) is 6.69. The van der Waals surface area contributed by atoms with Crippen LogP contribution >= 0.6 is 0 Å². The molecule has 0 amide bonds. The Labute approximate surface area is 121 Å². The Morgan fingerprint density at radius 2 is 1.15 bits per heavy atom. The molecule has 2 aromatic rings. The lowest BCUT2D eigenvalue weighted by Gasteiger charge is -2.16. The topological polar surface area (TPSA) is 0 Å². The highest BCUT2D eigenvalue weighted by atomic mass is 14.2. The Hall–Kier alpha value is -2.08. The molecule has 0 N–H and O–H groups in total. The smallest absolute Gasteiger partial charge is 0.0106 e. The van der Waals surface area contributed by atoms with E-state index < -0.39 is 0 Å². The quantitative estimate of drug-likeness (QED) is 0.547. The third-order valence-electron chi connectivity index (χ3n) is 4.11. The van der Waals surface area contributed by atoms with Crippen LogP contribution in [0, 0.1) is 0 Å². The lowest BCUT2D eigenvalue weighted by molar-refractivity contribution is 0.981. The second-order valence-electron chi connectivity index (χ2n) is 5.19. The molecule has 0 bridgehead atoms. The van der Waals surface area contributed by atoms with E-state index in [0.29, 0.717) is 0 Å². The van der Waals surface area contributed by atoms with Gasteiger partial charge in [0.15, 0.2) is 0 Å². The van der Waals surface area contributed by atoms with Gasteiger partial charge in [-0.1, -0.05) is 80.1 Å². The average molecular weight is 260 g/mol. The minimum absolute atomic E-state index is 1.11. The third-order valence-corrected chi connectivity index (χ3v) is 4.11. The lowest BCUT2D eigenvalue weighted by Crippen LogP contribution is -1.96. The van der Waals surface area contributed by atoms with Gasteiger partial charge in [0.2, 0.25) is 0 Å². The van der Waals surface area contributed by atoms with E-state index in [-0.39, 0.29) is 0 Å². The predicted octanol–water partition coefficient (Wildman–Crippen LogP) is 5.79. The molecule has 0 aromatic heterocycles. The highest BCUT2D eigenvalue weighted by Gasteiger charge is 2.16. The molecule has 0 heterocycles. The molecule has 0 atom stereocenters. The average Bonchev–Trinajstić information content (AvgIpc) is 2.67. The first-order valence-electron chi connectivity index (χ1n) is 7.44. The van der Waals surface area contributed by atoms with Gasteiger partial charge >= 0.3 is 0 Å². The van der Waals surface area contributed by atoms with E-state index in [1.165, 1.54) is 33.4 Å². The molecular weight excluding hydrogens is 240 g/mol. The molecule has 0 radical (unpaired) electrons. The summed E-state index contributed by atoms with van der Waals surface area (Å²) in [6.45, 7) is 4.52. The van der Waals surface area contributed by atoms with Crippen LogP contribution in [-0.2, 0) is 0 Å². The van der Waals surface area contributed by atoms with Crippen molar-refractivity contribution < 1.29 is 0 Å². The van der Waals surface area contributed by atoms with E-state index in [4.69, 9.17) is 0 Å². The first-order valence-corrected chi connectivity index (χ1v) is 7.44. The van der Waals surface area contributed by atoms with Crippen LogP contribution in [0.1, 0.15) is 48.9 Å². The molecule has 100 valence electrons. The molecule has 0 nitrogen and oxygen atoms in total. The van der Waals surface area contributed by atoms with E-state index in [2.05, 4.69) is 74.5 Å². The van der Waals surface area contributed by atoms with Crippen LogP contribution in [-0.4, -0.2) is 0 Å². The molecule has 20 heavy (non-hydrogen) atoms. The Balaban J connectivity index is 2.38. The summed E-state index contributed by atoms with van der Waals surface area (Å²) in [5.41, 5.74) is 8.34. The van der Waals surface area contributed by atoms with Gasteiger partial charge in [0.1, 0.15) is 0 Å². The maximum atomic E-state index is 2.26. The van der Waals surface area contributed by atoms with Crippen molar-refractivity contribution in [1.82, 2.24) is 0 Å². The molecule has 0 saturated heterocycles. The van der Waals surface area contributed by atoms with Crippen molar-refractivity contribution in [3.63, 3.8) is 0 Å². The normalized spacial score (nSPS) is 12.6. The first-order chi connectivity index (χ1) is 9.85. The van der Waals surface area contributed by atoms with Gasteiger partial charge in [-0.3, -0.25) is 0 Å². The summed E-state index contributed by atoms with van der Waals surface area (Å²) < 4.78 is 0. The zero-order valence-corrected chi connectivity index (χ0v) is 12.2. The lowest BCUT2D eigenvalue weighted by atomic mass is 9.88. The Morgan fingerprint density at radius 3 is 1.60 bits per heavy atom. The van der Waals surface area contributed by atoms with Crippen LogP contribution in [0.15, 0.2) is 54.1 Å². The van der Waals surface area contributed by atoms with Crippen LogP contribution in [0.2, 0.25) is 0 Å². The van der Waals surface area contributed by atoms with Gasteiger partial charge < -0.3 is 0 Å². The summed E-state index contributed by atoms with van der Waals surface area (Å²) in [7, 11) is 0. The van der Waals surface area contributed by atoms with Crippen molar-refractivity contribution in [2.24, 2.45) is 0 Å². The van der Waals surface area contributed by atoms with Crippen molar-refractivity contribution in [3.05, 3.63) is 76.4 Å². The first kappa shape index (κ1) is 12.9. The second kappa shape index (κ2) is 5.50. The van der Waals surface area contributed by atoms with E-state index in [9.17, 15) is 0 Å². The van der Waals surface area contributed by atoms with Gasteiger partial charge in [0, 0.05) is 0 Å². The van der Waals surface area contributed by atoms with Gasteiger partial charge in [-0.25, -0.2) is 0 Å². The minimum Gasteiger partial charge on any atom is -0.0623 e. The number of rotatable bonds is 2. The predicted molar refractivity (Wildman–Crippen MR) is 88.4 cm³/mol. The second-order valence-corrected chi connectivity index (χ2v) is 5.19. The Bertz CT molecular complexity index is 629. The van der Waals surface area contributed by atoms with Gasteiger partial charge in [0.05, 0.1) is 0 Å². The van der Waals surface area contributed by atoms with Gasteiger partial charge in [-0.15, -0.1) is 0 Å². The molecule has 0 unspecified atom stereocenters. The van der Waals surface area contributed by atoms with Crippen molar-refractivity contribution in [2.45, 2.75) is 26.7 Å². The molecule has 1 aliphatic rings. The summed E-state index contributed by atoms with van der Waals surface area (Å²) in [5.74, 6) is 0. The van der Waals surface area contributed by atoms with Crippen LogP contribution in [0.4, 0.5) is 0 Å². The Kier molecular flexibility index (Phi) is 3.56. The monoisotopic (exact) mass is 260 g/mol. The highest BCUT2D eigenvalue weighted by Crippen LogP contribution is 2.37. The van der Waals surface area contributed by atoms with Gasteiger partial charge in [-0.2, -0.15) is 0 Å². The minimum atomic E-state index is 1.11. The van der Waals surface area contributed by atoms with Crippen LogP contribution in [0.3, 0.4) is 0 Å². The van der Waals surface area contributed by atoms with Crippen molar-refractivity contribution >= 4 is 17.7 Å². The number of benzene rings is 2. The van der Waals surface area contributed by atoms with E-state index in [0.717, 1.165) is 12.8 Å². The van der Waals surface area contributed by atoms with Crippen LogP contribution < -0.4 is 0 Å². The number of fused-ring (bicyclic) bond motifs is 2. The summed E-state index contributed by atoms with van der Waals surface area (Å²) in [4.78, 5) is 0. The van der Waals surface area contributed by atoms with E-state index in [1.807, 2.05) is 0 Å². The standard InChI is InChI=1S/C20H20/c1-3-15(4-2)20-18-11-7-5-9-16(18)13-14-17-10-6-8-12-19(17)20/h5-14H,3-4H2,1-2H3. The third kappa shape index (κ3) is 2.12. The number of hydrogen-bond acceptors (Lipinski definition) is 0. The molecule has 0 heteroatoms. The fraction of sp³-hybridized carbons (Fsp3) is 0.200. The zero-order valence-electron chi connectivity index (χ0n) is 12.2. The van der Waals surface area contributed by atoms with Gasteiger partial charge in [0.25, 0.3) is 0 Å². The van der Waals surface area contributed by atoms with Crippen LogP contribution in [0.25, 0.3) is 17.7 Å². The van der Waals surface area contributed by atoms with E-state index >= 15 is 0 Å². The van der Waals surface area contributed by atoms with Crippen molar-refractivity contribution in [3.8, 4) is 0 Å². The molecule has 0 aliphatic heterocycles. The fourth-order valence-corrected chi connectivity index (χ4v) is 3.05. The SMILES string of the molecule is CCC(CC)=C1c2ccccc2C=Cc2ccccc21. The number of allylic oxidation sites excluding steroid dienone is 1. The van der Waals surface area contributed by atoms with Crippen LogP contribution in [0.5, 0.6) is 0 Å². The van der Waals surface area contributed by atoms with Crippen molar-refractivity contribution in [1.29, 1.82) is 0 Å². The number of hydrogen-bond donors (Lipinski definition) is 0. The van der Waals surface area contributed by atoms with E-state index in [1.54, 1.807) is 0 Å². The molecule has 0 spiro atoms. The summed E-state index contributed by atoms with van der Waals surface area (Å²) in [6, 6.07) is 17.4. The molecular formula is C20H20. The highest BCUT2D eigenvalue weighted by molar-refractivity contribution is 5.94. The largest absolute Gasteiger partial charge is 0.0623 e. The zero-order chi connectivity index (χ0) is 13.9. The van der Waals surface area contributed by atoms with Gasteiger partial charge in [-0.05, 0) is 40.7 Å². The molecule has 0 saturated carbocycles. The maximum Gasteiger partial charge on any atom is -0.0106 e.